The van der Waals surface area contributed by atoms with Gasteiger partial charge in [0.2, 0.25) is 11.8 Å². The molecule has 7 heteroatoms. The van der Waals surface area contributed by atoms with E-state index < -0.39 is 23.2 Å². The van der Waals surface area contributed by atoms with Gasteiger partial charge in [-0.05, 0) is 32.9 Å². The van der Waals surface area contributed by atoms with Gasteiger partial charge < -0.3 is 10.2 Å². The van der Waals surface area contributed by atoms with Crippen LogP contribution in [0.3, 0.4) is 0 Å². The van der Waals surface area contributed by atoms with Crippen LogP contribution in [0.4, 0.5) is 18.9 Å². The van der Waals surface area contributed by atoms with Gasteiger partial charge >= 0.3 is 6.18 Å². The van der Waals surface area contributed by atoms with Crippen molar-refractivity contribution < 1.29 is 22.8 Å². The third-order valence-electron chi connectivity index (χ3n) is 3.26. The van der Waals surface area contributed by atoms with E-state index in [2.05, 4.69) is 5.32 Å². The van der Waals surface area contributed by atoms with Gasteiger partial charge in [0.1, 0.15) is 0 Å². The van der Waals surface area contributed by atoms with Crippen LogP contribution in [0, 0.1) is 0 Å². The summed E-state index contributed by atoms with van der Waals surface area (Å²) in [4.78, 5) is 25.0. The van der Waals surface area contributed by atoms with E-state index in [-0.39, 0.29) is 24.6 Å². The molecule has 2 amide bonds. The molecule has 0 saturated heterocycles. The molecule has 0 radical (unpaired) electrons. The summed E-state index contributed by atoms with van der Waals surface area (Å²) in [5, 5.41) is 2.27. The van der Waals surface area contributed by atoms with E-state index in [1.54, 1.807) is 0 Å². The van der Waals surface area contributed by atoms with Crippen molar-refractivity contribution in [2.24, 2.45) is 0 Å². The third-order valence-corrected chi connectivity index (χ3v) is 3.26. The summed E-state index contributed by atoms with van der Waals surface area (Å²) in [5.41, 5.74) is -1.64. The second-order valence-corrected chi connectivity index (χ2v) is 6.18. The van der Waals surface area contributed by atoms with Gasteiger partial charge in [-0.3, -0.25) is 9.59 Å². The van der Waals surface area contributed by atoms with Gasteiger partial charge in [0, 0.05) is 25.4 Å². The fourth-order valence-electron chi connectivity index (χ4n) is 2.23. The Hall–Kier alpha value is -2.05. The summed E-state index contributed by atoms with van der Waals surface area (Å²) < 4.78 is 38.6. The first kappa shape index (κ1) is 19.0. The first-order chi connectivity index (χ1) is 10.4. The number of rotatable bonds is 4. The third kappa shape index (κ3) is 5.58. The molecule has 0 aromatic heterocycles. The number of hydrogen-bond donors (Lipinski definition) is 1. The Morgan fingerprint density at radius 2 is 1.70 bits per heavy atom. The van der Waals surface area contributed by atoms with E-state index in [0.717, 1.165) is 6.07 Å². The summed E-state index contributed by atoms with van der Waals surface area (Å²) in [6.45, 7) is 7.00. The standard InChI is InChI=1S/C16H21F3N2O2/c1-11(22)21(15(2,3)4)10-9-14(23)20-13-8-6-5-7-12(13)16(17,18)19/h5-8H,9-10H2,1-4H3,(H,20,23). The van der Waals surface area contributed by atoms with Crippen LogP contribution in [0.15, 0.2) is 24.3 Å². The molecule has 0 bridgehead atoms. The first-order valence-corrected chi connectivity index (χ1v) is 7.17. The van der Waals surface area contributed by atoms with Crippen molar-refractivity contribution in [3.8, 4) is 0 Å². The summed E-state index contributed by atoms with van der Waals surface area (Å²) in [7, 11) is 0. The molecule has 1 aromatic rings. The minimum Gasteiger partial charge on any atom is -0.338 e. The zero-order valence-corrected chi connectivity index (χ0v) is 13.6. The highest BCUT2D eigenvalue weighted by Gasteiger charge is 2.33. The van der Waals surface area contributed by atoms with E-state index in [0.29, 0.717) is 0 Å². The SMILES string of the molecule is CC(=O)N(CCC(=O)Nc1ccccc1C(F)(F)F)C(C)(C)C. The zero-order valence-electron chi connectivity index (χ0n) is 13.6. The van der Waals surface area contributed by atoms with E-state index in [1.165, 1.54) is 30.0 Å². The lowest BCUT2D eigenvalue weighted by atomic mass is 10.1. The Bertz CT molecular complexity index is 577. The highest BCUT2D eigenvalue weighted by Crippen LogP contribution is 2.34. The average molecular weight is 330 g/mol. The smallest absolute Gasteiger partial charge is 0.338 e. The highest BCUT2D eigenvalue weighted by atomic mass is 19.4. The minimum atomic E-state index is -4.54. The van der Waals surface area contributed by atoms with Gasteiger partial charge in [-0.15, -0.1) is 0 Å². The average Bonchev–Trinajstić information content (AvgIpc) is 2.36. The van der Waals surface area contributed by atoms with Crippen LogP contribution in [0.1, 0.15) is 39.7 Å². The Morgan fingerprint density at radius 3 is 2.17 bits per heavy atom. The molecular weight excluding hydrogens is 309 g/mol. The minimum absolute atomic E-state index is 0.0803. The van der Waals surface area contributed by atoms with Gasteiger partial charge in [-0.25, -0.2) is 0 Å². The number of carbonyl (C=O) groups is 2. The largest absolute Gasteiger partial charge is 0.418 e. The molecule has 1 aromatic carbocycles. The number of amides is 2. The highest BCUT2D eigenvalue weighted by molar-refractivity contribution is 5.92. The second kappa shape index (κ2) is 7.02. The Kier molecular flexibility index (Phi) is 5.80. The quantitative estimate of drug-likeness (QED) is 0.915. The summed E-state index contributed by atoms with van der Waals surface area (Å²) in [6.07, 6.45) is -4.62. The van der Waals surface area contributed by atoms with Gasteiger partial charge in [0.05, 0.1) is 11.3 Å². The summed E-state index contributed by atoms with van der Waals surface area (Å²) in [6, 6.07) is 4.79. The lowest BCUT2D eigenvalue weighted by Crippen LogP contribution is -2.45. The van der Waals surface area contributed by atoms with Crippen LogP contribution >= 0.6 is 0 Å². The van der Waals surface area contributed by atoms with E-state index in [9.17, 15) is 22.8 Å². The lowest BCUT2D eigenvalue weighted by Gasteiger charge is -2.34. The van der Waals surface area contributed by atoms with Crippen molar-refractivity contribution in [1.29, 1.82) is 0 Å². The van der Waals surface area contributed by atoms with E-state index >= 15 is 0 Å². The number of carbonyl (C=O) groups excluding carboxylic acids is 2. The fourth-order valence-corrected chi connectivity index (χ4v) is 2.23. The van der Waals surface area contributed by atoms with Crippen LogP contribution in [0.25, 0.3) is 0 Å². The molecule has 4 nitrogen and oxygen atoms in total. The Balaban J connectivity index is 2.77. The molecule has 1 rings (SSSR count). The molecule has 0 aliphatic rings. The number of hydrogen-bond acceptors (Lipinski definition) is 2. The number of para-hydroxylation sites is 1. The monoisotopic (exact) mass is 330 g/mol. The Labute approximate surface area is 133 Å². The maximum absolute atomic E-state index is 12.9. The lowest BCUT2D eigenvalue weighted by molar-refractivity contribution is -0.137. The first-order valence-electron chi connectivity index (χ1n) is 7.17. The van der Waals surface area contributed by atoms with Crippen molar-refractivity contribution in [2.45, 2.75) is 45.8 Å². The van der Waals surface area contributed by atoms with Crippen LogP contribution < -0.4 is 5.32 Å². The number of benzene rings is 1. The van der Waals surface area contributed by atoms with E-state index in [1.807, 2.05) is 20.8 Å². The number of halogens is 3. The summed E-state index contributed by atoms with van der Waals surface area (Å²) in [5.74, 6) is -0.766. The molecule has 0 unspecified atom stereocenters. The number of anilines is 1. The van der Waals surface area contributed by atoms with Gasteiger partial charge in [0.15, 0.2) is 0 Å². The van der Waals surface area contributed by atoms with Crippen LogP contribution in [-0.4, -0.2) is 28.8 Å². The Morgan fingerprint density at radius 1 is 1.13 bits per heavy atom. The number of nitrogens with zero attached hydrogens (tertiary/aromatic N) is 1. The summed E-state index contributed by atoms with van der Waals surface area (Å²) >= 11 is 0. The van der Waals surface area contributed by atoms with Crippen molar-refractivity contribution in [3.05, 3.63) is 29.8 Å². The molecule has 0 fully saturated rings. The van der Waals surface area contributed by atoms with Gasteiger partial charge in [-0.1, -0.05) is 12.1 Å². The van der Waals surface area contributed by atoms with Crippen molar-refractivity contribution in [3.63, 3.8) is 0 Å². The molecule has 1 N–H and O–H groups in total. The maximum Gasteiger partial charge on any atom is 0.418 e. The van der Waals surface area contributed by atoms with Gasteiger partial charge in [-0.2, -0.15) is 13.2 Å². The molecule has 0 aliphatic carbocycles. The predicted molar refractivity (Wildman–Crippen MR) is 81.8 cm³/mol. The zero-order chi connectivity index (χ0) is 17.8. The number of alkyl halides is 3. The molecule has 0 saturated carbocycles. The molecule has 23 heavy (non-hydrogen) atoms. The van der Waals surface area contributed by atoms with Crippen molar-refractivity contribution >= 4 is 17.5 Å². The topological polar surface area (TPSA) is 49.4 Å². The molecule has 0 aliphatic heterocycles. The molecule has 128 valence electrons. The normalized spacial score (nSPS) is 12.0. The molecule has 0 spiro atoms. The fraction of sp³-hybridized carbons (Fsp3) is 0.500. The van der Waals surface area contributed by atoms with E-state index in [4.69, 9.17) is 0 Å². The van der Waals surface area contributed by atoms with Crippen LogP contribution in [0.2, 0.25) is 0 Å². The van der Waals surface area contributed by atoms with Gasteiger partial charge in [0.25, 0.3) is 0 Å². The number of nitrogens with one attached hydrogen (secondary N) is 1. The molecule has 0 atom stereocenters. The second-order valence-electron chi connectivity index (χ2n) is 6.18. The van der Waals surface area contributed by atoms with Crippen molar-refractivity contribution in [1.82, 2.24) is 4.90 Å². The maximum atomic E-state index is 12.9. The predicted octanol–water partition coefficient (Wildman–Crippen LogP) is 3.68. The molecular formula is C16H21F3N2O2. The van der Waals surface area contributed by atoms with Crippen LogP contribution in [0.5, 0.6) is 0 Å². The van der Waals surface area contributed by atoms with Crippen LogP contribution in [-0.2, 0) is 15.8 Å². The van der Waals surface area contributed by atoms with Crippen molar-refractivity contribution in [2.75, 3.05) is 11.9 Å². The molecule has 0 heterocycles.